The van der Waals surface area contributed by atoms with E-state index in [-0.39, 0.29) is 5.28 Å². The van der Waals surface area contributed by atoms with E-state index in [4.69, 9.17) is 16.0 Å². The molecule has 3 aromatic heterocycles. The fraction of sp³-hybridized carbons (Fsp3) is 0.111. The lowest BCUT2D eigenvalue weighted by atomic mass is 10.5. The molecule has 0 saturated heterocycles. The lowest BCUT2D eigenvalue weighted by Gasteiger charge is -2.03. The molecule has 0 saturated carbocycles. The van der Waals surface area contributed by atoms with Crippen LogP contribution in [0.3, 0.4) is 0 Å². The average molecular weight is 251 g/mol. The molecule has 0 aliphatic rings. The van der Waals surface area contributed by atoms with Gasteiger partial charge in [0.2, 0.25) is 11.2 Å². The maximum absolute atomic E-state index is 5.79. The van der Waals surface area contributed by atoms with Gasteiger partial charge < -0.3 is 14.7 Å². The number of H-pyrrole nitrogens is 1. The third-order valence-electron chi connectivity index (χ3n) is 2.15. The van der Waals surface area contributed by atoms with Gasteiger partial charge in [-0.25, -0.2) is 9.97 Å². The van der Waals surface area contributed by atoms with Crippen molar-refractivity contribution in [1.82, 2.24) is 24.9 Å². The van der Waals surface area contributed by atoms with Crippen LogP contribution < -0.4 is 5.32 Å². The Morgan fingerprint density at radius 3 is 3.12 bits per heavy atom. The number of halogens is 1. The van der Waals surface area contributed by atoms with E-state index in [1.54, 1.807) is 6.20 Å². The van der Waals surface area contributed by atoms with Gasteiger partial charge in [0, 0.05) is 0 Å². The maximum Gasteiger partial charge on any atom is 0.226 e. The van der Waals surface area contributed by atoms with Crippen LogP contribution >= 0.6 is 11.6 Å². The molecule has 3 heterocycles. The first-order valence-electron chi connectivity index (χ1n) is 4.82. The van der Waals surface area contributed by atoms with Gasteiger partial charge in [0.05, 0.1) is 19.1 Å². The second-order valence-electron chi connectivity index (χ2n) is 3.22. The molecule has 3 aromatic rings. The van der Waals surface area contributed by atoms with E-state index < -0.39 is 0 Å². The van der Waals surface area contributed by atoms with Crippen LogP contribution in [0, 0.1) is 0 Å². The van der Waals surface area contributed by atoms with Gasteiger partial charge >= 0.3 is 0 Å². The molecule has 0 aliphatic carbocycles. The van der Waals surface area contributed by atoms with E-state index in [2.05, 4.69) is 30.2 Å². The summed E-state index contributed by atoms with van der Waals surface area (Å²) in [6.45, 7) is 0.411. The Morgan fingerprint density at radius 1 is 1.35 bits per heavy atom. The van der Waals surface area contributed by atoms with Gasteiger partial charge in [-0.15, -0.1) is 0 Å². The molecule has 8 heteroatoms. The Bertz CT molecular complexity index is 634. The number of anilines is 1. The Kier molecular flexibility index (Phi) is 2.37. The van der Waals surface area contributed by atoms with Gasteiger partial charge in [-0.2, -0.15) is 9.97 Å². The van der Waals surface area contributed by atoms with E-state index in [9.17, 15) is 0 Å². The fourth-order valence-electron chi connectivity index (χ4n) is 1.43. The minimum atomic E-state index is 0.138. The fourth-order valence-corrected chi connectivity index (χ4v) is 1.60. The molecule has 2 N–H and O–H groups in total. The van der Waals surface area contributed by atoms with E-state index in [0.29, 0.717) is 29.4 Å². The summed E-state index contributed by atoms with van der Waals surface area (Å²) >= 11 is 5.79. The van der Waals surface area contributed by atoms with Crippen molar-refractivity contribution < 1.29 is 4.42 Å². The highest BCUT2D eigenvalue weighted by molar-refractivity contribution is 6.28. The summed E-state index contributed by atoms with van der Waals surface area (Å²) in [6, 6.07) is 0. The first-order valence-corrected chi connectivity index (χ1v) is 5.19. The Hall–Kier alpha value is -2.15. The van der Waals surface area contributed by atoms with Crippen molar-refractivity contribution >= 4 is 28.6 Å². The molecule has 0 amide bonds. The average Bonchev–Trinajstić information content (AvgIpc) is 2.95. The number of fused-ring (bicyclic) bond motifs is 1. The summed E-state index contributed by atoms with van der Waals surface area (Å²) in [5, 5.41) is 3.19. The number of rotatable bonds is 3. The highest BCUT2D eigenvalue weighted by Gasteiger charge is 2.09. The molecule has 86 valence electrons. The zero-order chi connectivity index (χ0) is 11.7. The van der Waals surface area contributed by atoms with Crippen molar-refractivity contribution in [3.8, 4) is 0 Å². The summed E-state index contributed by atoms with van der Waals surface area (Å²) in [7, 11) is 0. The van der Waals surface area contributed by atoms with Crippen LogP contribution in [0.2, 0.25) is 5.28 Å². The van der Waals surface area contributed by atoms with Crippen molar-refractivity contribution in [3.05, 3.63) is 30.0 Å². The van der Waals surface area contributed by atoms with Crippen molar-refractivity contribution in [2.75, 3.05) is 5.32 Å². The summed E-state index contributed by atoms with van der Waals surface area (Å²) < 4.78 is 5.10. The predicted octanol–water partition coefficient (Wildman–Crippen LogP) is 1.61. The first kappa shape index (κ1) is 10.0. The van der Waals surface area contributed by atoms with Gasteiger partial charge in [0.15, 0.2) is 11.5 Å². The number of hydrogen-bond acceptors (Lipinski definition) is 6. The number of aromatic nitrogens is 5. The lowest BCUT2D eigenvalue weighted by molar-refractivity contribution is 0.503. The van der Waals surface area contributed by atoms with Crippen LogP contribution in [0.4, 0.5) is 5.82 Å². The zero-order valence-electron chi connectivity index (χ0n) is 8.51. The number of nitrogens with one attached hydrogen (secondary N) is 2. The summed E-state index contributed by atoms with van der Waals surface area (Å²) in [6.07, 6.45) is 4.62. The minimum absolute atomic E-state index is 0.138. The molecule has 0 aliphatic heterocycles. The van der Waals surface area contributed by atoms with Gasteiger partial charge in [-0.3, -0.25) is 0 Å². The molecule has 0 bridgehead atoms. The first-order chi connectivity index (χ1) is 8.33. The van der Waals surface area contributed by atoms with Crippen LogP contribution in [-0.4, -0.2) is 24.9 Å². The number of aromatic amines is 1. The van der Waals surface area contributed by atoms with Crippen molar-refractivity contribution in [1.29, 1.82) is 0 Å². The van der Waals surface area contributed by atoms with Crippen LogP contribution in [0.1, 0.15) is 5.89 Å². The molecule has 0 radical (unpaired) electrons. The Morgan fingerprint density at radius 2 is 2.29 bits per heavy atom. The van der Waals surface area contributed by atoms with E-state index >= 15 is 0 Å². The van der Waals surface area contributed by atoms with Crippen LogP contribution in [-0.2, 0) is 6.54 Å². The monoisotopic (exact) mass is 250 g/mol. The Labute approximate surface area is 100 Å². The highest BCUT2D eigenvalue weighted by atomic mass is 35.5. The third kappa shape index (κ3) is 1.92. The van der Waals surface area contributed by atoms with E-state index in [0.717, 1.165) is 0 Å². The number of nitrogens with zero attached hydrogens (tertiary/aromatic N) is 4. The number of imidazole rings is 1. The topological polar surface area (TPSA) is 92.5 Å². The maximum atomic E-state index is 5.79. The van der Waals surface area contributed by atoms with Gasteiger partial charge in [0.1, 0.15) is 11.8 Å². The molecule has 0 fully saturated rings. The van der Waals surface area contributed by atoms with E-state index in [1.807, 2.05) is 0 Å². The molecular weight excluding hydrogens is 244 g/mol. The lowest BCUT2D eigenvalue weighted by Crippen LogP contribution is -2.03. The standard InChI is InChI=1S/C9H7ClN6O/c10-9-15-7(6-8(16-9)14-4-13-6)12-3-5-11-1-2-17-5/h1-2,4H,3H2,(H2,12,13,14,15,16). The van der Waals surface area contributed by atoms with Crippen LogP contribution in [0.15, 0.2) is 23.2 Å². The summed E-state index contributed by atoms with van der Waals surface area (Å²) in [4.78, 5) is 19.0. The Balaban J connectivity index is 1.91. The van der Waals surface area contributed by atoms with Crippen molar-refractivity contribution in [2.24, 2.45) is 0 Å². The minimum Gasteiger partial charge on any atom is -0.447 e. The smallest absolute Gasteiger partial charge is 0.226 e. The highest BCUT2D eigenvalue weighted by Crippen LogP contribution is 2.18. The number of oxazole rings is 1. The quantitative estimate of drug-likeness (QED) is 0.686. The summed E-state index contributed by atoms with van der Waals surface area (Å²) in [5.74, 6) is 1.13. The predicted molar refractivity (Wildman–Crippen MR) is 60.5 cm³/mol. The molecule has 0 spiro atoms. The van der Waals surface area contributed by atoms with Gasteiger partial charge in [-0.05, 0) is 11.6 Å². The molecule has 7 nitrogen and oxygen atoms in total. The van der Waals surface area contributed by atoms with Crippen molar-refractivity contribution in [2.45, 2.75) is 6.54 Å². The van der Waals surface area contributed by atoms with Crippen LogP contribution in [0.5, 0.6) is 0 Å². The normalized spacial score (nSPS) is 10.9. The zero-order valence-corrected chi connectivity index (χ0v) is 9.27. The molecule has 0 unspecified atom stereocenters. The van der Waals surface area contributed by atoms with Gasteiger partial charge in [-0.1, -0.05) is 0 Å². The molecule has 3 rings (SSSR count). The largest absolute Gasteiger partial charge is 0.447 e. The summed E-state index contributed by atoms with van der Waals surface area (Å²) in [5.41, 5.74) is 1.21. The second kappa shape index (κ2) is 4.02. The van der Waals surface area contributed by atoms with Gasteiger partial charge in [0.25, 0.3) is 0 Å². The molecule has 0 aromatic carbocycles. The second-order valence-corrected chi connectivity index (χ2v) is 3.56. The SMILES string of the molecule is Clc1nc(NCc2ncco2)c2[nH]cnc2n1. The van der Waals surface area contributed by atoms with E-state index in [1.165, 1.54) is 12.6 Å². The van der Waals surface area contributed by atoms with Crippen LogP contribution in [0.25, 0.3) is 11.2 Å². The molecule has 0 atom stereocenters. The number of hydrogen-bond donors (Lipinski definition) is 2. The van der Waals surface area contributed by atoms with Crippen molar-refractivity contribution in [3.63, 3.8) is 0 Å². The molecule has 17 heavy (non-hydrogen) atoms. The molecular formula is C9H7ClN6O. The third-order valence-corrected chi connectivity index (χ3v) is 2.32.